The lowest BCUT2D eigenvalue weighted by molar-refractivity contribution is -0.142. The van der Waals surface area contributed by atoms with Gasteiger partial charge in [0, 0.05) is 36.6 Å². The summed E-state index contributed by atoms with van der Waals surface area (Å²) in [7, 11) is 0. The highest BCUT2D eigenvalue weighted by Gasteiger charge is 2.35. The molecule has 24 N–H and O–H groups in total. The average molecular weight is 1160 g/mol. The largest absolute Gasteiger partial charge is 0.480 e. The number of nitrogens with two attached hydrogens (primary N) is 7. The van der Waals surface area contributed by atoms with Crippen molar-refractivity contribution in [3.05, 3.63) is 36.0 Å². The zero-order valence-electron chi connectivity index (χ0n) is 48.5. The number of carboxylic acids is 1. The van der Waals surface area contributed by atoms with Crippen LogP contribution in [0, 0.1) is 17.8 Å². The third-order valence-corrected chi connectivity index (χ3v) is 13.6. The lowest BCUT2D eigenvalue weighted by Crippen LogP contribution is -2.59. The first kappa shape index (κ1) is 70.5. The molecule has 28 nitrogen and oxygen atoms in total. The third-order valence-electron chi connectivity index (χ3n) is 13.6. The first-order valence-corrected chi connectivity index (χ1v) is 28.3. The monoisotopic (exact) mass is 1150 g/mol. The van der Waals surface area contributed by atoms with Gasteiger partial charge in [0.15, 0.2) is 11.9 Å². The van der Waals surface area contributed by atoms with Crippen LogP contribution in [0.1, 0.15) is 124 Å². The van der Waals surface area contributed by atoms with E-state index in [4.69, 9.17) is 40.1 Å². The Morgan fingerprint density at radius 3 is 1.51 bits per heavy atom. The molecule has 460 valence electrons. The number of guanidine groups is 2. The number of carbonyl (C=O) groups excluding carboxylic acids is 8. The number of para-hydroxylation sites is 1. The summed E-state index contributed by atoms with van der Waals surface area (Å²) < 4.78 is 0. The van der Waals surface area contributed by atoms with Crippen LogP contribution in [0.25, 0.3) is 10.9 Å². The molecule has 0 aliphatic heterocycles. The number of amides is 8. The van der Waals surface area contributed by atoms with Gasteiger partial charge < -0.3 is 92.8 Å². The highest BCUT2D eigenvalue weighted by molar-refractivity contribution is 5.98. The molecule has 2 rings (SSSR count). The zero-order chi connectivity index (χ0) is 61.5. The standard InChI is InChI=1S/C54H94N18O10/c1-7-32(6)44(72-49(78)41(71-50(79)43(57)31(4)5)27-33-28-64-35-17-9-8-16-34(33)35)51(80)65-29-42(73)66-40(26-30(2)3)48(77)69-38(20-14-24-62-53(58)59)46(75)67-36(18-10-12-22-55)45(74)68-37(19-11-13-23-56)47(76)70-39(52(81)82)21-15-25-63-54(60)61/h8-9,16-17,28,30-32,36-41,43-44,64H,7,10-15,18-27,29,55-57H2,1-6H3,(H,65,80)(H,66,73)(H,67,75)(H,68,74)(H,69,77)(H,70,76)(H,71,79)(H,72,78)(H,81,82)(H4,58,59,62)(H4,60,61,63)/t32-,36-,37-,38-,39-,40-,41-,43-,44-/m0/s1. The molecule has 0 saturated heterocycles. The minimum Gasteiger partial charge on any atom is -0.480 e. The van der Waals surface area contributed by atoms with E-state index in [1.165, 1.54) is 0 Å². The van der Waals surface area contributed by atoms with E-state index in [1.807, 2.05) is 45.0 Å². The molecule has 0 bridgehead atoms. The van der Waals surface area contributed by atoms with Gasteiger partial charge in [-0.15, -0.1) is 0 Å². The molecule has 1 aromatic heterocycles. The van der Waals surface area contributed by atoms with Crippen molar-refractivity contribution in [2.75, 3.05) is 32.7 Å². The number of aromatic amines is 1. The van der Waals surface area contributed by atoms with Gasteiger partial charge in [-0.25, -0.2) is 4.79 Å². The molecule has 2 aromatic rings. The van der Waals surface area contributed by atoms with Gasteiger partial charge in [-0.1, -0.05) is 66.2 Å². The van der Waals surface area contributed by atoms with Crippen LogP contribution in [0.3, 0.4) is 0 Å². The average Bonchev–Trinajstić information content (AvgIpc) is 3.85. The van der Waals surface area contributed by atoms with E-state index in [9.17, 15) is 48.3 Å². The van der Waals surface area contributed by atoms with Crippen LogP contribution in [-0.4, -0.2) is 156 Å². The number of fused-ring (bicyclic) bond motifs is 1. The molecule has 0 spiro atoms. The van der Waals surface area contributed by atoms with Gasteiger partial charge in [0.1, 0.15) is 42.3 Å². The molecule has 9 atom stereocenters. The normalized spacial score (nSPS) is 14.5. The van der Waals surface area contributed by atoms with Crippen LogP contribution in [0.4, 0.5) is 0 Å². The van der Waals surface area contributed by atoms with Crippen molar-refractivity contribution in [3.63, 3.8) is 0 Å². The van der Waals surface area contributed by atoms with Crippen LogP contribution >= 0.6 is 0 Å². The summed E-state index contributed by atoms with van der Waals surface area (Å²) in [6.45, 7) is 10.8. The summed E-state index contributed by atoms with van der Waals surface area (Å²) in [6, 6.07) is -2.20. The number of hydrogen-bond donors (Lipinski definition) is 17. The van der Waals surface area contributed by atoms with Gasteiger partial charge in [0.05, 0.1) is 12.6 Å². The van der Waals surface area contributed by atoms with Gasteiger partial charge in [-0.2, -0.15) is 0 Å². The number of benzene rings is 1. The molecular formula is C54H94N18O10. The second-order valence-corrected chi connectivity index (χ2v) is 21.3. The van der Waals surface area contributed by atoms with Crippen LogP contribution in [0.2, 0.25) is 0 Å². The quantitative estimate of drug-likeness (QED) is 0.0190. The predicted octanol–water partition coefficient (Wildman–Crippen LogP) is -2.25. The first-order valence-electron chi connectivity index (χ1n) is 28.3. The van der Waals surface area contributed by atoms with E-state index in [1.54, 1.807) is 27.0 Å². The fourth-order valence-electron chi connectivity index (χ4n) is 8.63. The molecular weight excluding hydrogens is 1060 g/mol. The predicted molar refractivity (Wildman–Crippen MR) is 314 cm³/mol. The lowest BCUT2D eigenvalue weighted by atomic mass is 9.96. The molecule has 0 fully saturated rings. The van der Waals surface area contributed by atoms with Gasteiger partial charge >= 0.3 is 5.97 Å². The summed E-state index contributed by atoms with van der Waals surface area (Å²) in [6.07, 6.45) is 4.46. The van der Waals surface area contributed by atoms with Gasteiger partial charge in [0.25, 0.3) is 0 Å². The van der Waals surface area contributed by atoms with Crippen molar-refractivity contribution in [2.24, 2.45) is 67.9 Å². The van der Waals surface area contributed by atoms with Crippen LogP contribution in [0.15, 0.2) is 40.4 Å². The number of aliphatic carboxylic acids is 1. The van der Waals surface area contributed by atoms with E-state index in [0.717, 1.165) is 16.5 Å². The molecule has 28 heteroatoms. The van der Waals surface area contributed by atoms with E-state index < -0.39 is 114 Å². The Hall–Kier alpha value is -7.59. The molecule has 8 amide bonds. The summed E-state index contributed by atoms with van der Waals surface area (Å²) in [4.78, 5) is 135. The second kappa shape index (κ2) is 37.4. The number of H-pyrrole nitrogens is 1. The van der Waals surface area contributed by atoms with Gasteiger partial charge in [-0.05, 0) is 113 Å². The summed E-state index contributed by atoms with van der Waals surface area (Å²) in [5.74, 6) is -8.38. The van der Waals surface area contributed by atoms with Crippen molar-refractivity contribution < 1.29 is 48.3 Å². The van der Waals surface area contributed by atoms with Crippen molar-refractivity contribution >= 4 is 76.0 Å². The maximum Gasteiger partial charge on any atom is 0.326 e. The molecule has 82 heavy (non-hydrogen) atoms. The highest BCUT2D eigenvalue weighted by Crippen LogP contribution is 2.20. The molecule has 0 aliphatic carbocycles. The maximum atomic E-state index is 14.3. The second-order valence-electron chi connectivity index (χ2n) is 21.3. The Kier molecular flexibility index (Phi) is 32.2. The van der Waals surface area contributed by atoms with Crippen LogP contribution < -0.4 is 82.7 Å². The minimum absolute atomic E-state index is 0.0261. The number of carbonyl (C=O) groups is 9. The molecule has 0 saturated carbocycles. The lowest BCUT2D eigenvalue weighted by Gasteiger charge is -2.28. The fourth-order valence-corrected chi connectivity index (χ4v) is 8.63. The van der Waals surface area contributed by atoms with E-state index >= 15 is 0 Å². The van der Waals surface area contributed by atoms with E-state index in [2.05, 4.69) is 57.5 Å². The number of rotatable bonds is 40. The number of hydrogen-bond acceptors (Lipinski definition) is 14. The molecule has 1 heterocycles. The van der Waals surface area contributed by atoms with Crippen molar-refractivity contribution in [1.82, 2.24) is 47.5 Å². The third kappa shape index (κ3) is 25.9. The minimum atomic E-state index is -1.34. The number of unbranched alkanes of at least 4 members (excludes halogenated alkanes) is 2. The van der Waals surface area contributed by atoms with Crippen molar-refractivity contribution in [1.29, 1.82) is 0 Å². The highest BCUT2D eigenvalue weighted by atomic mass is 16.4. The number of aromatic nitrogens is 1. The Balaban J connectivity index is 2.37. The smallest absolute Gasteiger partial charge is 0.326 e. The van der Waals surface area contributed by atoms with E-state index in [-0.39, 0.29) is 101 Å². The van der Waals surface area contributed by atoms with Crippen LogP contribution in [0.5, 0.6) is 0 Å². The molecule has 0 unspecified atom stereocenters. The van der Waals surface area contributed by atoms with Gasteiger partial charge in [-0.3, -0.25) is 48.3 Å². The molecule has 0 aliphatic rings. The maximum absolute atomic E-state index is 14.3. The summed E-state index contributed by atoms with van der Waals surface area (Å²) >= 11 is 0. The number of nitrogens with zero attached hydrogens (tertiary/aromatic N) is 2. The number of nitrogens with one attached hydrogen (secondary N) is 9. The Bertz CT molecular complexity index is 2440. The molecule has 0 radical (unpaired) electrons. The summed E-state index contributed by atoms with van der Waals surface area (Å²) in [5.41, 5.74) is 41.1. The van der Waals surface area contributed by atoms with Crippen molar-refractivity contribution in [3.8, 4) is 0 Å². The van der Waals surface area contributed by atoms with E-state index in [0.29, 0.717) is 32.1 Å². The Labute approximate surface area is 480 Å². The first-order chi connectivity index (χ1) is 38.8. The fraction of sp³-hybridized carbons (Fsp3) is 0.648. The van der Waals surface area contributed by atoms with Crippen LogP contribution in [-0.2, 0) is 49.6 Å². The topological polar surface area (TPSA) is 493 Å². The molecule has 1 aromatic carbocycles. The summed E-state index contributed by atoms with van der Waals surface area (Å²) in [5, 5.41) is 32.1. The Morgan fingerprint density at radius 2 is 1.04 bits per heavy atom. The zero-order valence-corrected chi connectivity index (χ0v) is 48.5. The number of carboxylic acid groups (broad SMARTS) is 1. The van der Waals surface area contributed by atoms with Gasteiger partial charge in [0.2, 0.25) is 47.3 Å². The van der Waals surface area contributed by atoms with Crippen molar-refractivity contribution in [2.45, 2.75) is 173 Å². The number of aliphatic imine (C=N–C) groups is 2. The Morgan fingerprint density at radius 1 is 0.573 bits per heavy atom. The SMILES string of the molecule is CC[C@H](C)[C@H](NC(=O)[C@H](Cc1c[nH]c2ccccc12)NC(=O)[C@@H](N)C(C)C)C(=O)NCC(=O)N[C@@H](CC(C)C)C(=O)N[C@@H](CCCN=C(N)N)C(=O)N[C@@H](CCCCN)C(=O)N[C@@H](CCCCN)C(=O)N[C@@H](CCCN=C(N)N)C(=O)O.